The zero-order valence-electron chi connectivity index (χ0n) is 12.2. The number of halogens is 1. The normalized spacial score (nSPS) is 14.3. The molecule has 0 spiro atoms. The zero-order valence-corrected chi connectivity index (χ0v) is 13.0. The summed E-state index contributed by atoms with van der Waals surface area (Å²) in [7, 11) is 0. The molecule has 114 valence electrons. The quantitative estimate of drug-likeness (QED) is 0.591. The standard InChI is InChI=1S/C15H19ClN2O3/c1-10(2)8-9-17(11-6-7-11)15(19)12-4-3-5-13(14(12)16)18(20)21/h3-5,10-11H,6-9H2,1-2H3. The second-order valence-electron chi connectivity index (χ2n) is 5.81. The third-order valence-corrected chi connectivity index (χ3v) is 4.00. The van der Waals surface area contributed by atoms with Gasteiger partial charge in [-0.1, -0.05) is 31.5 Å². The van der Waals surface area contributed by atoms with Gasteiger partial charge >= 0.3 is 0 Å². The summed E-state index contributed by atoms with van der Waals surface area (Å²) in [4.78, 5) is 24.8. The van der Waals surface area contributed by atoms with Gasteiger partial charge in [-0.2, -0.15) is 0 Å². The lowest BCUT2D eigenvalue weighted by molar-refractivity contribution is -0.384. The summed E-state index contributed by atoms with van der Waals surface area (Å²) in [6.07, 6.45) is 2.90. The van der Waals surface area contributed by atoms with E-state index in [4.69, 9.17) is 11.6 Å². The first-order valence-corrected chi connectivity index (χ1v) is 7.53. The van der Waals surface area contributed by atoms with Crippen LogP contribution in [0.1, 0.15) is 43.5 Å². The zero-order chi connectivity index (χ0) is 15.6. The Hall–Kier alpha value is -1.62. The van der Waals surface area contributed by atoms with Gasteiger partial charge in [-0.15, -0.1) is 0 Å². The molecule has 0 unspecified atom stereocenters. The summed E-state index contributed by atoms with van der Waals surface area (Å²) in [5.74, 6) is 0.298. The summed E-state index contributed by atoms with van der Waals surface area (Å²) in [6.45, 7) is 4.88. The molecule has 1 aromatic carbocycles. The van der Waals surface area contributed by atoms with E-state index in [-0.39, 0.29) is 28.2 Å². The van der Waals surface area contributed by atoms with E-state index in [1.54, 1.807) is 6.07 Å². The second kappa shape index (κ2) is 6.43. The first kappa shape index (κ1) is 15.8. The molecule has 21 heavy (non-hydrogen) atoms. The molecule has 2 rings (SSSR count). The number of nitrogens with zero attached hydrogens (tertiary/aromatic N) is 2. The van der Waals surface area contributed by atoms with Gasteiger partial charge in [-0.05, 0) is 31.2 Å². The molecule has 0 saturated heterocycles. The van der Waals surface area contributed by atoms with Crippen molar-refractivity contribution < 1.29 is 9.72 Å². The van der Waals surface area contributed by atoms with E-state index in [2.05, 4.69) is 13.8 Å². The number of hydrogen-bond donors (Lipinski definition) is 0. The maximum absolute atomic E-state index is 12.7. The predicted octanol–water partition coefficient (Wildman–Crippen LogP) is 3.90. The van der Waals surface area contributed by atoms with Gasteiger partial charge in [0, 0.05) is 18.7 Å². The predicted molar refractivity (Wildman–Crippen MR) is 81.6 cm³/mol. The molecule has 0 atom stereocenters. The molecular formula is C15H19ClN2O3. The van der Waals surface area contributed by atoms with Crippen LogP contribution in [0.25, 0.3) is 0 Å². The van der Waals surface area contributed by atoms with Gasteiger partial charge in [-0.3, -0.25) is 14.9 Å². The fourth-order valence-corrected chi connectivity index (χ4v) is 2.49. The number of nitro benzene ring substituents is 1. The number of nitro groups is 1. The molecular weight excluding hydrogens is 292 g/mol. The van der Waals surface area contributed by atoms with E-state index in [9.17, 15) is 14.9 Å². The minimum Gasteiger partial charge on any atom is -0.336 e. The second-order valence-corrected chi connectivity index (χ2v) is 6.19. The Bertz CT molecular complexity index is 556. The van der Waals surface area contributed by atoms with Crippen molar-refractivity contribution in [2.45, 2.75) is 39.2 Å². The third-order valence-electron chi connectivity index (χ3n) is 3.60. The van der Waals surface area contributed by atoms with E-state index in [0.29, 0.717) is 12.5 Å². The van der Waals surface area contributed by atoms with Gasteiger partial charge in [0.25, 0.3) is 11.6 Å². The fraction of sp³-hybridized carbons (Fsp3) is 0.533. The van der Waals surface area contributed by atoms with Crippen LogP contribution in [0.2, 0.25) is 5.02 Å². The van der Waals surface area contributed by atoms with Crippen LogP contribution >= 0.6 is 11.6 Å². The lowest BCUT2D eigenvalue weighted by Crippen LogP contribution is -2.34. The van der Waals surface area contributed by atoms with Gasteiger partial charge < -0.3 is 4.90 Å². The highest BCUT2D eigenvalue weighted by Gasteiger charge is 2.34. The Morgan fingerprint density at radius 1 is 1.48 bits per heavy atom. The molecule has 0 heterocycles. The van der Waals surface area contributed by atoms with Crippen LogP contribution in [0.15, 0.2) is 18.2 Å². The lowest BCUT2D eigenvalue weighted by atomic mass is 10.1. The SMILES string of the molecule is CC(C)CCN(C(=O)c1cccc([N+](=O)[O-])c1Cl)C1CC1. The Morgan fingerprint density at radius 3 is 2.67 bits per heavy atom. The van der Waals surface area contributed by atoms with Gasteiger partial charge in [0.15, 0.2) is 0 Å². The summed E-state index contributed by atoms with van der Waals surface area (Å²) >= 11 is 6.04. The van der Waals surface area contributed by atoms with Crippen molar-refractivity contribution in [3.63, 3.8) is 0 Å². The van der Waals surface area contributed by atoms with E-state index >= 15 is 0 Å². The van der Waals surface area contributed by atoms with Gasteiger partial charge in [0.2, 0.25) is 0 Å². The largest absolute Gasteiger partial charge is 0.336 e. The lowest BCUT2D eigenvalue weighted by Gasteiger charge is -2.23. The highest BCUT2D eigenvalue weighted by Crippen LogP contribution is 2.33. The van der Waals surface area contributed by atoms with Crippen molar-refractivity contribution in [2.75, 3.05) is 6.54 Å². The average Bonchev–Trinajstić information content (AvgIpc) is 3.22. The number of rotatable bonds is 6. The molecule has 0 aliphatic heterocycles. The maximum atomic E-state index is 12.7. The topological polar surface area (TPSA) is 63.5 Å². The fourth-order valence-electron chi connectivity index (χ4n) is 2.21. The molecule has 1 amide bonds. The molecule has 0 radical (unpaired) electrons. The van der Waals surface area contributed by atoms with E-state index in [0.717, 1.165) is 19.3 Å². The Balaban J connectivity index is 2.24. The van der Waals surface area contributed by atoms with Crippen molar-refractivity contribution >= 4 is 23.2 Å². The highest BCUT2D eigenvalue weighted by atomic mass is 35.5. The summed E-state index contributed by atoms with van der Waals surface area (Å²) < 4.78 is 0. The van der Waals surface area contributed by atoms with Crippen molar-refractivity contribution in [2.24, 2.45) is 5.92 Å². The first-order chi connectivity index (χ1) is 9.91. The monoisotopic (exact) mass is 310 g/mol. The third kappa shape index (κ3) is 3.73. The molecule has 1 aromatic rings. The van der Waals surface area contributed by atoms with E-state index in [1.165, 1.54) is 12.1 Å². The highest BCUT2D eigenvalue weighted by molar-refractivity contribution is 6.35. The minimum absolute atomic E-state index is 0.0669. The minimum atomic E-state index is -0.561. The Labute approximate surface area is 129 Å². The Morgan fingerprint density at radius 2 is 2.14 bits per heavy atom. The van der Waals surface area contributed by atoms with Crippen LogP contribution in [0.4, 0.5) is 5.69 Å². The molecule has 1 aliphatic rings. The molecule has 1 fully saturated rings. The maximum Gasteiger partial charge on any atom is 0.288 e. The van der Waals surface area contributed by atoms with Crippen LogP contribution in [0.3, 0.4) is 0 Å². The van der Waals surface area contributed by atoms with Crippen LogP contribution in [-0.4, -0.2) is 28.3 Å². The first-order valence-electron chi connectivity index (χ1n) is 7.15. The average molecular weight is 311 g/mol. The van der Waals surface area contributed by atoms with Crippen LogP contribution in [0, 0.1) is 16.0 Å². The number of amides is 1. The summed E-state index contributed by atoms with van der Waals surface area (Å²) in [5.41, 5.74) is 0.00338. The molecule has 6 heteroatoms. The van der Waals surface area contributed by atoms with Crippen molar-refractivity contribution in [1.29, 1.82) is 0 Å². The molecule has 5 nitrogen and oxygen atoms in total. The number of benzene rings is 1. The number of carbonyl (C=O) groups excluding carboxylic acids is 1. The molecule has 1 saturated carbocycles. The van der Waals surface area contributed by atoms with Crippen molar-refractivity contribution in [1.82, 2.24) is 4.90 Å². The van der Waals surface area contributed by atoms with Crippen LogP contribution in [0.5, 0.6) is 0 Å². The van der Waals surface area contributed by atoms with Gasteiger partial charge in [0.1, 0.15) is 5.02 Å². The van der Waals surface area contributed by atoms with Crippen molar-refractivity contribution in [3.05, 3.63) is 38.9 Å². The molecule has 0 N–H and O–H groups in total. The smallest absolute Gasteiger partial charge is 0.288 e. The number of hydrogen-bond acceptors (Lipinski definition) is 3. The summed E-state index contributed by atoms with van der Waals surface area (Å²) in [5, 5.41) is 10.9. The van der Waals surface area contributed by atoms with E-state index in [1.807, 2.05) is 4.90 Å². The van der Waals surface area contributed by atoms with Crippen LogP contribution < -0.4 is 0 Å². The Kier molecular flexibility index (Phi) is 4.83. The summed E-state index contributed by atoms with van der Waals surface area (Å²) in [6, 6.07) is 4.63. The molecule has 0 bridgehead atoms. The van der Waals surface area contributed by atoms with E-state index < -0.39 is 4.92 Å². The van der Waals surface area contributed by atoms with Gasteiger partial charge in [0.05, 0.1) is 10.5 Å². The molecule has 1 aliphatic carbocycles. The van der Waals surface area contributed by atoms with Crippen LogP contribution in [-0.2, 0) is 0 Å². The van der Waals surface area contributed by atoms with Gasteiger partial charge in [-0.25, -0.2) is 0 Å². The number of carbonyl (C=O) groups is 1. The molecule has 0 aromatic heterocycles. The van der Waals surface area contributed by atoms with Crippen molar-refractivity contribution in [3.8, 4) is 0 Å².